The van der Waals surface area contributed by atoms with E-state index in [9.17, 15) is 24.2 Å². The average Bonchev–Trinajstić information content (AvgIpc) is 2.98. The van der Waals surface area contributed by atoms with Crippen LogP contribution in [-0.4, -0.2) is 61.7 Å². The van der Waals surface area contributed by atoms with Gasteiger partial charge in [0.1, 0.15) is 40.5 Å². The summed E-state index contributed by atoms with van der Waals surface area (Å²) >= 11 is 0. The normalized spacial score (nSPS) is 23.0. The summed E-state index contributed by atoms with van der Waals surface area (Å²) in [6.07, 6.45) is 1.08. The predicted octanol–water partition coefficient (Wildman–Crippen LogP) is 4.12. The van der Waals surface area contributed by atoms with E-state index in [1.807, 2.05) is 26.8 Å². The third-order valence-electron chi connectivity index (χ3n) is 9.77. The molecular weight excluding hydrogens is 602 g/mol. The number of carbonyl (C=O) groups excluding carboxylic acids is 1. The molecule has 11 nitrogen and oxygen atoms in total. The third-order valence-corrected chi connectivity index (χ3v) is 19.5. The third kappa shape index (κ3) is 5.35. The van der Waals surface area contributed by atoms with E-state index in [4.69, 9.17) is 4.99 Å². The summed E-state index contributed by atoms with van der Waals surface area (Å²) in [5.41, 5.74) is -0.686. The van der Waals surface area contributed by atoms with Gasteiger partial charge in [0.2, 0.25) is 0 Å². The van der Waals surface area contributed by atoms with Crippen molar-refractivity contribution in [3.63, 3.8) is 0 Å². The molecule has 4 rings (SSSR count). The Labute approximate surface area is 259 Å². The van der Waals surface area contributed by atoms with Crippen molar-refractivity contribution in [2.24, 2.45) is 4.99 Å². The molecule has 0 aromatic carbocycles. The standard InChI is InChI=1S/C30H42FN7O4SSi/c1-8-44(9-2,10-3)20-15-22(36-26(39)24-18(4)14-19(16-32)17-33-24)35-25(23(20)31)30(7)21-12-11-13-34-43(21,42)29(5,6)27(38-30)37-28(40)41/h14-15,17,21,43H,8-13H2,1-7H3,(H,34,42)(H,37,38)(H,40,41)(H,35,36,39)/t21-,30-/m0/s1. The van der Waals surface area contributed by atoms with Crippen LogP contribution in [0.15, 0.2) is 23.3 Å². The number of nitrogens with one attached hydrogen (secondary N) is 3. The average molecular weight is 644 g/mol. The highest BCUT2D eigenvalue weighted by atomic mass is 32.3. The second-order valence-electron chi connectivity index (χ2n) is 12.3. The van der Waals surface area contributed by atoms with Crippen LogP contribution in [0.1, 0.15) is 81.7 Å². The van der Waals surface area contributed by atoms with E-state index >= 15 is 4.39 Å². The number of amides is 2. The summed E-state index contributed by atoms with van der Waals surface area (Å²) in [6, 6.07) is 7.39. The molecule has 2 aliphatic heterocycles. The summed E-state index contributed by atoms with van der Waals surface area (Å²) in [4.78, 5) is 39.0. The first kappa shape index (κ1) is 33.4. The summed E-state index contributed by atoms with van der Waals surface area (Å²) < 4.78 is 34.0. The highest BCUT2D eigenvalue weighted by Gasteiger charge is 2.59. The number of pyridine rings is 2. The number of carboxylic acid groups (broad SMARTS) is 1. The molecule has 2 aromatic heterocycles. The van der Waals surface area contributed by atoms with Crippen LogP contribution in [0.5, 0.6) is 0 Å². The van der Waals surface area contributed by atoms with Crippen LogP contribution < -0.4 is 20.5 Å². The van der Waals surface area contributed by atoms with Gasteiger partial charge in [0, 0.05) is 12.7 Å². The van der Waals surface area contributed by atoms with Crippen LogP contribution in [0.25, 0.3) is 0 Å². The number of halogens is 1. The number of nitrogens with zero attached hydrogens (tertiary/aromatic N) is 4. The van der Waals surface area contributed by atoms with Crippen molar-refractivity contribution in [3.8, 4) is 6.07 Å². The summed E-state index contributed by atoms with van der Waals surface area (Å²) in [5.74, 6) is -1.05. The van der Waals surface area contributed by atoms with Gasteiger partial charge >= 0.3 is 6.09 Å². The molecule has 2 amide bonds. The quantitative estimate of drug-likeness (QED) is 0.223. The van der Waals surface area contributed by atoms with Gasteiger partial charge in [-0.2, -0.15) is 5.26 Å². The Balaban J connectivity index is 2.00. The number of nitriles is 1. The topological polar surface area (TPSA) is 169 Å². The SMILES string of the molecule is CC[Si](CC)(CC)c1cc(NC(=O)c2ncc(C#N)cc2C)nc([C@@]2(C)N=C(NC(=O)O)C(C)(C)[SH]3(=O)NCCC[C@@H]23)c1F. The largest absolute Gasteiger partial charge is 0.465 e. The predicted molar refractivity (Wildman–Crippen MR) is 173 cm³/mol. The monoisotopic (exact) mass is 643 g/mol. The van der Waals surface area contributed by atoms with E-state index in [1.165, 1.54) is 6.20 Å². The van der Waals surface area contributed by atoms with Gasteiger partial charge in [-0.1, -0.05) is 38.9 Å². The maximum atomic E-state index is 17.1. The van der Waals surface area contributed by atoms with Crippen LogP contribution in [0.3, 0.4) is 0 Å². The maximum Gasteiger partial charge on any atom is 0.410 e. The molecule has 2 aliphatic rings. The van der Waals surface area contributed by atoms with Crippen LogP contribution in [-0.2, 0) is 15.7 Å². The van der Waals surface area contributed by atoms with E-state index in [1.54, 1.807) is 39.8 Å². The van der Waals surface area contributed by atoms with Crippen LogP contribution in [0.2, 0.25) is 18.1 Å². The van der Waals surface area contributed by atoms with Crippen molar-refractivity contribution in [2.75, 3.05) is 11.9 Å². The fourth-order valence-corrected chi connectivity index (χ4v) is 14.2. The second kappa shape index (κ2) is 12.1. The maximum absolute atomic E-state index is 17.1. The first-order valence-electron chi connectivity index (χ1n) is 15.0. The molecule has 1 fully saturated rings. The summed E-state index contributed by atoms with van der Waals surface area (Å²) in [5, 5.41) is 23.8. The zero-order chi connectivity index (χ0) is 32.7. The fraction of sp³-hybridized carbons (Fsp3) is 0.533. The van der Waals surface area contributed by atoms with Gasteiger partial charge in [-0.25, -0.2) is 19.2 Å². The molecule has 4 heterocycles. The van der Waals surface area contributed by atoms with Crippen molar-refractivity contribution in [2.45, 2.75) is 95.0 Å². The number of thiol groups is 1. The van der Waals surface area contributed by atoms with Crippen molar-refractivity contribution in [1.82, 2.24) is 20.0 Å². The minimum Gasteiger partial charge on any atom is -0.465 e. The smallest absolute Gasteiger partial charge is 0.410 e. The van der Waals surface area contributed by atoms with Crippen LogP contribution in [0.4, 0.5) is 15.0 Å². The molecule has 0 unspecified atom stereocenters. The number of rotatable bonds is 7. The minimum atomic E-state index is -3.45. The van der Waals surface area contributed by atoms with E-state index in [2.05, 4.69) is 25.3 Å². The number of aliphatic imine (C=N–C) groups is 1. The molecule has 0 aliphatic carbocycles. The van der Waals surface area contributed by atoms with Crippen molar-refractivity contribution in [3.05, 3.63) is 46.7 Å². The molecule has 238 valence electrons. The van der Waals surface area contributed by atoms with Crippen molar-refractivity contribution < 1.29 is 23.3 Å². The van der Waals surface area contributed by atoms with E-state index < -0.39 is 51.5 Å². The number of fused-ring (bicyclic) bond motifs is 1. The van der Waals surface area contributed by atoms with Crippen molar-refractivity contribution >= 4 is 47.0 Å². The minimum absolute atomic E-state index is 0.0268. The molecule has 0 radical (unpaired) electrons. The van der Waals surface area contributed by atoms with Crippen LogP contribution in [0, 0.1) is 24.1 Å². The Morgan fingerprint density at radius 1 is 1.20 bits per heavy atom. The van der Waals surface area contributed by atoms with E-state index in [0.29, 0.717) is 35.7 Å². The first-order valence-corrected chi connectivity index (χ1v) is 19.4. The lowest BCUT2D eigenvalue weighted by Gasteiger charge is -2.56. The molecule has 0 saturated carbocycles. The van der Waals surface area contributed by atoms with Gasteiger partial charge in [0.05, 0.1) is 23.6 Å². The molecule has 0 spiro atoms. The van der Waals surface area contributed by atoms with Gasteiger partial charge < -0.3 is 10.4 Å². The molecule has 0 bridgehead atoms. The Hall–Kier alpha value is -3.54. The lowest BCUT2D eigenvalue weighted by atomic mass is 9.88. The molecule has 2 aromatic rings. The van der Waals surface area contributed by atoms with Gasteiger partial charge in [-0.15, -0.1) is 0 Å². The van der Waals surface area contributed by atoms with E-state index in [-0.39, 0.29) is 23.0 Å². The Morgan fingerprint density at radius 3 is 2.43 bits per heavy atom. The number of anilines is 1. The Bertz CT molecular complexity index is 1610. The van der Waals surface area contributed by atoms with Crippen LogP contribution >= 0.6 is 0 Å². The lowest BCUT2D eigenvalue weighted by molar-refractivity contribution is 0.102. The molecule has 1 saturated heterocycles. The van der Waals surface area contributed by atoms with Gasteiger partial charge in [0.15, 0.2) is 0 Å². The molecule has 4 N–H and O–H groups in total. The lowest BCUT2D eigenvalue weighted by Crippen LogP contribution is -2.70. The number of amidine groups is 1. The second-order valence-corrected chi connectivity index (χ2v) is 20.9. The highest BCUT2D eigenvalue weighted by molar-refractivity contribution is 8.04. The van der Waals surface area contributed by atoms with Gasteiger partial charge in [0.25, 0.3) is 5.91 Å². The number of hydrogen-bond acceptors (Lipinski definition) is 7. The van der Waals surface area contributed by atoms with E-state index in [0.717, 1.165) is 18.1 Å². The Kier molecular flexibility index (Phi) is 9.17. The number of hydrogen-bond donors (Lipinski definition) is 5. The Morgan fingerprint density at radius 2 is 1.86 bits per heavy atom. The molecule has 44 heavy (non-hydrogen) atoms. The van der Waals surface area contributed by atoms with Gasteiger partial charge in [-0.3, -0.25) is 24.0 Å². The number of aromatic nitrogens is 2. The van der Waals surface area contributed by atoms with Crippen molar-refractivity contribution in [1.29, 1.82) is 5.26 Å². The highest BCUT2D eigenvalue weighted by Crippen LogP contribution is 2.48. The first-order chi connectivity index (χ1) is 20.6. The zero-order valence-corrected chi connectivity index (χ0v) is 28.2. The van der Waals surface area contributed by atoms with Gasteiger partial charge in [-0.05, 0) is 73.5 Å². The number of aryl methyl sites for hydroxylation is 1. The fourth-order valence-electron chi connectivity index (χ4n) is 6.83. The summed E-state index contributed by atoms with van der Waals surface area (Å²) in [6.45, 7) is 13.3. The molecular formula is C30H42FN7O4SSi. The molecule has 2 atom stereocenters. The molecule has 14 heteroatoms. The number of carbonyl (C=O) groups is 2. The zero-order valence-electron chi connectivity index (χ0n) is 26.3. The summed E-state index contributed by atoms with van der Waals surface area (Å²) in [7, 11) is -5.89.